The second-order valence-corrected chi connectivity index (χ2v) is 8.95. The fraction of sp³-hybridized carbons (Fsp3) is 0.304. The number of esters is 1. The normalized spacial score (nSPS) is 11.2. The lowest BCUT2D eigenvalue weighted by molar-refractivity contribution is -0.153. The summed E-state index contributed by atoms with van der Waals surface area (Å²) in [4.78, 5) is 32.2. The molecule has 32 heavy (non-hydrogen) atoms. The molecule has 0 radical (unpaired) electrons. The summed E-state index contributed by atoms with van der Waals surface area (Å²) in [7, 11) is 0. The van der Waals surface area contributed by atoms with Gasteiger partial charge in [-0.3, -0.25) is 14.6 Å². The van der Waals surface area contributed by atoms with Gasteiger partial charge in [-0.1, -0.05) is 18.2 Å². The molecule has 0 atom stereocenters. The first-order valence-electron chi connectivity index (χ1n) is 10.2. The summed E-state index contributed by atoms with van der Waals surface area (Å²) in [6, 6.07) is 11.9. The Bertz CT molecular complexity index is 1090. The standard InChI is InChI=1S/C23H27N5O3S/c1-23(2,3)31-21(30)13-25-12-18-10-16(7-8-26-18)15-5-4-6-17(9-15)19-14-32-22(27-19)28-20(29)11-24/h4-10,14,25H,11-13,24H2,1-3H3,(H,27,28,29). The number of nitrogens with two attached hydrogens (primary N) is 1. The minimum Gasteiger partial charge on any atom is -0.459 e. The molecule has 0 saturated heterocycles. The van der Waals surface area contributed by atoms with Crippen molar-refractivity contribution in [3.05, 3.63) is 53.7 Å². The Kier molecular flexibility index (Phi) is 7.68. The summed E-state index contributed by atoms with van der Waals surface area (Å²) in [5.41, 5.74) is 9.38. The number of nitrogens with zero attached hydrogens (tertiary/aromatic N) is 2. The molecule has 0 aliphatic carbocycles. The van der Waals surface area contributed by atoms with Crippen molar-refractivity contribution in [2.45, 2.75) is 32.9 Å². The predicted octanol–water partition coefficient (Wildman–Crippen LogP) is 3.20. The maximum absolute atomic E-state index is 11.8. The van der Waals surface area contributed by atoms with Gasteiger partial charge in [0.2, 0.25) is 5.91 Å². The van der Waals surface area contributed by atoms with Gasteiger partial charge in [-0.2, -0.15) is 0 Å². The van der Waals surface area contributed by atoms with Crippen molar-refractivity contribution in [2.24, 2.45) is 5.73 Å². The maximum Gasteiger partial charge on any atom is 0.320 e. The Labute approximate surface area is 191 Å². The van der Waals surface area contributed by atoms with Gasteiger partial charge in [0.05, 0.1) is 24.5 Å². The van der Waals surface area contributed by atoms with Crippen LogP contribution in [0.1, 0.15) is 26.5 Å². The van der Waals surface area contributed by atoms with Crippen LogP contribution in [0, 0.1) is 0 Å². The highest BCUT2D eigenvalue weighted by molar-refractivity contribution is 7.14. The number of benzene rings is 1. The summed E-state index contributed by atoms with van der Waals surface area (Å²) in [5.74, 6) is -0.573. The number of aromatic nitrogens is 2. The molecule has 0 spiro atoms. The summed E-state index contributed by atoms with van der Waals surface area (Å²) >= 11 is 1.35. The fourth-order valence-corrected chi connectivity index (χ4v) is 3.65. The van der Waals surface area contributed by atoms with Crippen LogP contribution in [-0.4, -0.2) is 40.5 Å². The zero-order chi connectivity index (χ0) is 23.1. The molecule has 4 N–H and O–H groups in total. The molecule has 8 nitrogen and oxygen atoms in total. The lowest BCUT2D eigenvalue weighted by Crippen LogP contribution is -2.31. The second-order valence-electron chi connectivity index (χ2n) is 8.10. The van der Waals surface area contributed by atoms with E-state index in [4.69, 9.17) is 10.5 Å². The number of hydrogen-bond donors (Lipinski definition) is 3. The first-order chi connectivity index (χ1) is 15.2. The highest BCUT2D eigenvalue weighted by Gasteiger charge is 2.15. The van der Waals surface area contributed by atoms with Crippen molar-refractivity contribution < 1.29 is 14.3 Å². The molecule has 0 saturated carbocycles. The zero-order valence-electron chi connectivity index (χ0n) is 18.3. The second kappa shape index (κ2) is 10.4. The van der Waals surface area contributed by atoms with E-state index in [1.165, 1.54) is 11.3 Å². The van der Waals surface area contributed by atoms with Crippen LogP contribution in [0.5, 0.6) is 0 Å². The van der Waals surface area contributed by atoms with E-state index in [9.17, 15) is 9.59 Å². The van der Waals surface area contributed by atoms with Crippen LogP contribution in [0.25, 0.3) is 22.4 Å². The molecule has 0 aliphatic heterocycles. The highest BCUT2D eigenvalue weighted by atomic mass is 32.1. The lowest BCUT2D eigenvalue weighted by Gasteiger charge is -2.19. The molecular weight excluding hydrogens is 426 g/mol. The monoisotopic (exact) mass is 453 g/mol. The van der Waals surface area contributed by atoms with Crippen LogP contribution < -0.4 is 16.4 Å². The van der Waals surface area contributed by atoms with Gasteiger partial charge < -0.3 is 21.1 Å². The molecule has 2 aromatic heterocycles. The number of nitrogens with one attached hydrogen (secondary N) is 2. The number of thiazole rings is 1. The maximum atomic E-state index is 11.8. The molecule has 0 unspecified atom stereocenters. The summed E-state index contributed by atoms with van der Waals surface area (Å²) in [5, 5.41) is 8.15. The van der Waals surface area contributed by atoms with Gasteiger partial charge in [0.15, 0.2) is 5.13 Å². The molecule has 0 aliphatic rings. The number of hydrogen-bond acceptors (Lipinski definition) is 8. The average Bonchev–Trinajstić information content (AvgIpc) is 3.21. The Morgan fingerprint density at radius 2 is 1.88 bits per heavy atom. The molecule has 3 rings (SSSR count). The molecule has 1 aromatic carbocycles. The predicted molar refractivity (Wildman–Crippen MR) is 126 cm³/mol. The molecular formula is C23H27N5O3S. The minimum atomic E-state index is -0.504. The van der Waals surface area contributed by atoms with E-state index >= 15 is 0 Å². The number of anilines is 1. The zero-order valence-corrected chi connectivity index (χ0v) is 19.2. The van der Waals surface area contributed by atoms with Gasteiger partial charge in [-0.25, -0.2) is 4.98 Å². The molecule has 9 heteroatoms. The fourth-order valence-electron chi connectivity index (χ4n) is 2.92. The van der Waals surface area contributed by atoms with Crippen LogP contribution in [0.4, 0.5) is 5.13 Å². The van der Waals surface area contributed by atoms with E-state index < -0.39 is 5.60 Å². The highest BCUT2D eigenvalue weighted by Crippen LogP contribution is 2.29. The molecule has 0 bridgehead atoms. The largest absolute Gasteiger partial charge is 0.459 e. The number of rotatable bonds is 8. The quantitative estimate of drug-likeness (QED) is 0.448. The molecule has 0 fully saturated rings. The van der Waals surface area contributed by atoms with Crippen LogP contribution >= 0.6 is 11.3 Å². The third-order valence-electron chi connectivity index (χ3n) is 4.24. The van der Waals surface area contributed by atoms with Crippen molar-refractivity contribution in [3.8, 4) is 22.4 Å². The van der Waals surface area contributed by atoms with E-state index in [0.29, 0.717) is 11.7 Å². The van der Waals surface area contributed by atoms with Crippen LogP contribution in [0.2, 0.25) is 0 Å². The average molecular weight is 454 g/mol. The lowest BCUT2D eigenvalue weighted by atomic mass is 10.0. The van der Waals surface area contributed by atoms with Gasteiger partial charge >= 0.3 is 5.97 Å². The summed E-state index contributed by atoms with van der Waals surface area (Å²) < 4.78 is 5.30. The van der Waals surface area contributed by atoms with Gasteiger partial charge in [-0.05, 0) is 50.1 Å². The first-order valence-corrected chi connectivity index (χ1v) is 11.1. The summed E-state index contributed by atoms with van der Waals surface area (Å²) in [6.07, 6.45) is 1.75. The first kappa shape index (κ1) is 23.5. The molecule has 1 amide bonds. The van der Waals surface area contributed by atoms with Crippen LogP contribution in [0.3, 0.4) is 0 Å². The van der Waals surface area contributed by atoms with Gasteiger partial charge in [0.25, 0.3) is 0 Å². The minimum absolute atomic E-state index is 0.0819. The van der Waals surface area contributed by atoms with Gasteiger partial charge in [0.1, 0.15) is 5.60 Å². The van der Waals surface area contributed by atoms with Crippen LogP contribution in [-0.2, 0) is 20.9 Å². The Balaban J connectivity index is 1.67. The third kappa shape index (κ3) is 6.94. The van der Waals surface area contributed by atoms with Gasteiger partial charge in [0, 0.05) is 23.7 Å². The number of carbonyl (C=O) groups excluding carboxylic acids is 2. The number of carbonyl (C=O) groups is 2. The van der Waals surface area contributed by atoms with Gasteiger partial charge in [-0.15, -0.1) is 11.3 Å². The van der Waals surface area contributed by atoms with E-state index in [-0.39, 0.29) is 25.0 Å². The molecule has 2 heterocycles. The topological polar surface area (TPSA) is 119 Å². The Morgan fingerprint density at radius 1 is 1.12 bits per heavy atom. The number of amides is 1. The van der Waals surface area contributed by atoms with Crippen LogP contribution in [0.15, 0.2) is 48.0 Å². The van der Waals surface area contributed by atoms with Crippen molar-refractivity contribution in [1.29, 1.82) is 0 Å². The number of ether oxygens (including phenoxy) is 1. The molecule has 3 aromatic rings. The summed E-state index contributed by atoms with van der Waals surface area (Å²) in [6.45, 7) is 6.00. The smallest absolute Gasteiger partial charge is 0.320 e. The number of pyridine rings is 1. The van der Waals surface area contributed by atoms with Crippen molar-refractivity contribution >= 4 is 28.3 Å². The Hall–Kier alpha value is -3.14. The third-order valence-corrected chi connectivity index (χ3v) is 5.00. The van der Waals surface area contributed by atoms with Crippen molar-refractivity contribution in [1.82, 2.24) is 15.3 Å². The van der Waals surface area contributed by atoms with E-state index in [2.05, 4.69) is 20.6 Å². The molecule has 168 valence electrons. The van der Waals surface area contributed by atoms with E-state index in [0.717, 1.165) is 28.1 Å². The SMILES string of the molecule is CC(C)(C)OC(=O)CNCc1cc(-c2cccc(-c3csc(NC(=O)CN)n3)c2)ccn1. The Morgan fingerprint density at radius 3 is 2.62 bits per heavy atom. The van der Waals surface area contributed by atoms with E-state index in [1.54, 1.807) is 6.20 Å². The van der Waals surface area contributed by atoms with Crippen molar-refractivity contribution in [2.75, 3.05) is 18.4 Å². The van der Waals surface area contributed by atoms with Crippen molar-refractivity contribution in [3.63, 3.8) is 0 Å². The van der Waals surface area contributed by atoms with E-state index in [1.807, 2.05) is 62.5 Å².